The first-order chi connectivity index (χ1) is 14.2. The van der Waals surface area contributed by atoms with Crippen LogP contribution in [-0.4, -0.2) is 36.7 Å². The quantitative estimate of drug-likeness (QED) is 0.399. The van der Waals surface area contributed by atoms with Gasteiger partial charge in [0, 0.05) is 22.4 Å². The molecule has 3 aromatic rings. The van der Waals surface area contributed by atoms with Crippen molar-refractivity contribution in [2.45, 2.75) is 11.8 Å². The van der Waals surface area contributed by atoms with Crippen molar-refractivity contribution < 1.29 is 22.7 Å². The summed E-state index contributed by atoms with van der Waals surface area (Å²) in [6.45, 7) is 1.40. The molecular weight excluding hydrogens is 474 g/mol. The first-order valence-corrected chi connectivity index (χ1v) is 10.9. The van der Waals surface area contributed by atoms with Crippen LogP contribution in [0.1, 0.15) is 26.3 Å². The third kappa shape index (κ3) is 5.49. The van der Waals surface area contributed by atoms with E-state index in [0.29, 0.717) is 5.56 Å². The van der Waals surface area contributed by atoms with Gasteiger partial charge in [0.2, 0.25) is 5.95 Å². The van der Waals surface area contributed by atoms with Crippen molar-refractivity contribution >= 4 is 43.7 Å². The van der Waals surface area contributed by atoms with Crippen molar-refractivity contribution in [3.63, 3.8) is 0 Å². The average molecular weight is 490 g/mol. The van der Waals surface area contributed by atoms with Crippen molar-refractivity contribution in [1.29, 1.82) is 0 Å². The summed E-state index contributed by atoms with van der Waals surface area (Å²) in [4.78, 5) is 31.9. The minimum atomic E-state index is -3.86. The Hall–Kier alpha value is -3.11. The van der Waals surface area contributed by atoms with Crippen LogP contribution in [0.25, 0.3) is 0 Å². The standard InChI is InChI=1S/C20H16BrN3O5S/c1-13-2-8-17(9-3-13)30(27,28)24-20-22-10-15(11-23-20)19(26)29-12-18(25)14-4-6-16(21)7-5-14/h2-11H,12H2,1H3,(H,22,23,24). The number of hydrogen-bond acceptors (Lipinski definition) is 7. The number of benzene rings is 2. The molecule has 0 radical (unpaired) electrons. The third-order valence-electron chi connectivity index (χ3n) is 3.95. The highest BCUT2D eigenvalue weighted by Crippen LogP contribution is 2.14. The molecule has 30 heavy (non-hydrogen) atoms. The van der Waals surface area contributed by atoms with E-state index in [0.717, 1.165) is 22.4 Å². The Morgan fingerprint density at radius 1 is 0.967 bits per heavy atom. The molecule has 1 N–H and O–H groups in total. The second kappa shape index (κ2) is 9.14. The summed E-state index contributed by atoms with van der Waals surface area (Å²) in [6, 6.07) is 12.9. The number of ether oxygens (including phenoxy) is 1. The summed E-state index contributed by atoms with van der Waals surface area (Å²) in [5.74, 6) is -1.36. The van der Waals surface area contributed by atoms with Gasteiger partial charge in [-0.1, -0.05) is 45.8 Å². The normalized spacial score (nSPS) is 11.0. The van der Waals surface area contributed by atoms with Gasteiger partial charge < -0.3 is 4.74 Å². The minimum absolute atomic E-state index is 0.0168. The van der Waals surface area contributed by atoms with E-state index >= 15 is 0 Å². The number of aromatic nitrogens is 2. The maximum absolute atomic E-state index is 12.3. The lowest BCUT2D eigenvalue weighted by Crippen LogP contribution is -2.17. The van der Waals surface area contributed by atoms with Crippen molar-refractivity contribution in [2.24, 2.45) is 0 Å². The van der Waals surface area contributed by atoms with E-state index in [1.165, 1.54) is 12.1 Å². The molecule has 154 valence electrons. The minimum Gasteiger partial charge on any atom is -0.454 e. The van der Waals surface area contributed by atoms with Crippen molar-refractivity contribution in [3.05, 3.63) is 82.1 Å². The number of nitrogens with zero attached hydrogens (tertiary/aromatic N) is 2. The zero-order valence-electron chi connectivity index (χ0n) is 15.7. The van der Waals surface area contributed by atoms with E-state index in [1.54, 1.807) is 36.4 Å². The number of sulfonamides is 1. The number of carbonyl (C=O) groups is 2. The lowest BCUT2D eigenvalue weighted by molar-refractivity contribution is 0.0474. The van der Waals surface area contributed by atoms with Crippen molar-refractivity contribution in [3.8, 4) is 0 Å². The Morgan fingerprint density at radius 3 is 2.17 bits per heavy atom. The van der Waals surface area contributed by atoms with E-state index in [9.17, 15) is 18.0 Å². The van der Waals surface area contributed by atoms with Gasteiger partial charge in [-0.15, -0.1) is 0 Å². The van der Waals surface area contributed by atoms with E-state index in [2.05, 4.69) is 30.6 Å². The van der Waals surface area contributed by atoms with Gasteiger partial charge in [0.15, 0.2) is 12.4 Å². The number of ketones is 1. The summed E-state index contributed by atoms with van der Waals surface area (Å²) in [5.41, 5.74) is 1.31. The molecule has 2 aromatic carbocycles. The van der Waals surface area contributed by atoms with E-state index < -0.39 is 22.6 Å². The van der Waals surface area contributed by atoms with Gasteiger partial charge in [-0.05, 0) is 31.2 Å². The zero-order valence-corrected chi connectivity index (χ0v) is 18.1. The van der Waals surface area contributed by atoms with E-state index in [1.807, 2.05) is 6.92 Å². The molecule has 0 saturated carbocycles. The predicted octanol–water partition coefficient (Wildman–Crippen LogP) is 3.39. The molecule has 0 atom stereocenters. The molecule has 1 heterocycles. The molecule has 0 bridgehead atoms. The number of anilines is 1. The van der Waals surface area contributed by atoms with Crippen LogP contribution in [0.4, 0.5) is 5.95 Å². The van der Waals surface area contributed by atoms with Crippen LogP contribution < -0.4 is 4.72 Å². The van der Waals surface area contributed by atoms with E-state index in [-0.39, 0.29) is 22.2 Å². The molecule has 0 aliphatic heterocycles. The molecule has 0 aliphatic carbocycles. The van der Waals surface area contributed by atoms with Crippen LogP contribution in [0.2, 0.25) is 0 Å². The Bertz CT molecular complexity index is 1160. The topological polar surface area (TPSA) is 115 Å². The van der Waals surface area contributed by atoms with Gasteiger partial charge in [-0.3, -0.25) is 4.79 Å². The second-order valence-corrected chi connectivity index (χ2v) is 8.82. The molecule has 0 fully saturated rings. The molecule has 1 aromatic heterocycles. The fraction of sp³-hybridized carbons (Fsp3) is 0.100. The SMILES string of the molecule is Cc1ccc(S(=O)(=O)Nc2ncc(C(=O)OCC(=O)c3ccc(Br)cc3)cn2)cc1. The maximum Gasteiger partial charge on any atom is 0.341 e. The average Bonchev–Trinajstić information content (AvgIpc) is 2.73. The van der Waals surface area contributed by atoms with Crippen LogP contribution in [0.3, 0.4) is 0 Å². The molecule has 8 nitrogen and oxygen atoms in total. The fourth-order valence-corrected chi connectivity index (χ4v) is 3.54. The Labute approximate surface area is 181 Å². The molecule has 0 saturated heterocycles. The van der Waals surface area contributed by atoms with Crippen LogP contribution in [0.5, 0.6) is 0 Å². The smallest absolute Gasteiger partial charge is 0.341 e. The number of nitrogens with one attached hydrogen (secondary N) is 1. The number of Topliss-reactive ketones (excluding diaryl/α,β-unsaturated/α-hetero) is 1. The first kappa shape index (κ1) is 21.6. The summed E-state index contributed by atoms with van der Waals surface area (Å²) in [6.07, 6.45) is 2.23. The van der Waals surface area contributed by atoms with Crippen molar-refractivity contribution in [2.75, 3.05) is 11.3 Å². The van der Waals surface area contributed by atoms with Crippen molar-refractivity contribution in [1.82, 2.24) is 9.97 Å². The number of halogens is 1. The Kier molecular flexibility index (Phi) is 6.58. The van der Waals surface area contributed by atoms with Gasteiger partial charge in [0.05, 0.1) is 10.5 Å². The number of rotatable bonds is 7. The molecule has 0 unspecified atom stereocenters. The molecule has 3 rings (SSSR count). The largest absolute Gasteiger partial charge is 0.454 e. The van der Waals surface area contributed by atoms with Gasteiger partial charge in [-0.2, -0.15) is 0 Å². The monoisotopic (exact) mass is 489 g/mol. The second-order valence-electron chi connectivity index (χ2n) is 6.22. The molecule has 0 spiro atoms. The summed E-state index contributed by atoms with van der Waals surface area (Å²) < 4.78 is 32.7. The maximum atomic E-state index is 12.3. The van der Waals surface area contributed by atoms with Crippen LogP contribution in [-0.2, 0) is 14.8 Å². The lowest BCUT2D eigenvalue weighted by atomic mass is 10.1. The highest BCUT2D eigenvalue weighted by Gasteiger charge is 2.17. The summed E-state index contributed by atoms with van der Waals surface area (Å²) in [7, 11) is -3.86. The molecule has 10 heteroatoms. The van der Waals surface area contributed by atoms with Gasteiger partial charge in [-0.25, -0.2) is 27.9 Å². The summed E-state index contributed by atoms with van der Waals surface area (Å²) in [5, 5.41) is 0. The Morgan fingerprint density at radius 2 is 1.57 bits per heavy atom. The summed E-state index contributed by atoms with van der Waals surface area (Å²) >= 11 is 3.27. The highest BCUT2D eigenvalue weighted by atomic mass is 79.9. The highest BCUT2D eigenvalue weighted by molar-refractivity contribution is 9.10. The molecular formula is C20H16BrN3O5S. The number of carbonyl (C=O) groups excluding carboxylic acids is 2. The van der Waals surface area contributed by atoms with Crippen LogP contribution in [0.15, 0.2) is 70.3 Å². The van der Waals surface area contributed by atoms with Gasteiger partial charge in [0.25, 0.3) is 10.0 Å². The van der Waals surface area contributed by atoms with Crippen LogP contribution in [0, 0.1) is 6.92 Å². The molecule has 0 aliphatic rings. The zero-order chi connectivity index (χ0) is 21.7. The lowest BCUT2D eigenvalue weighted by Gasteiger charge is -2.08. The van der Waals surface area contributed by atoms with Gasteiger partial charge >= 0.3 is 5.97 Å². The number of aryl methyl sites for hydroxylation is 1. The number of esters is 1. The Balaban J connectivity index is 1.60. The predicted molar refractivity (Wildman–Crippen MR) is 113 cm³/mol. The third-order valence-corrected chi connectivity index (χ3v) is 5.82. The fourth-order valence-electron chi connectivity index (χ4n) is 2.32. The first-order valence-electron chi connectivity index (χ1n) is 8.62. The number of hydrogen-bond donors (Lipinski definition) is 1. The molecule has 0 amide bonds. The van der Waals surface area contributed by atoms with Gasteiger partial charge in [0.1, 0.15) is 0 Å². The van der Waals surface area contributed by atoms with E-state index in [4.69, 9.17) is 4.74 Å². The van der Waals surface area contributed by atoms with Crippen LogP contribution >= 0.6 is 15.9 Å².